The number of benzene rings is 2. The summed E-state index contributed by atoms with van der Waals surface area (Å²) >= 11 is 6.87. The first-order valence-electron chi connectivity index (χ1n) is 22.8. The zero-order valence-corrected chi connectivity index (χ0v) is 39.4. The number of piperidine rings is 1. The highest BCUT2D eigenvalue weighted by Gasteiger charge is 2.57. The van der Waals surface area contributed by atoms with Crippen molar-refractivity contribution < 1.29 is 38.1 Å². The number of carbonyl (C=O) groups excluding carboxylic acids is 4. The van der Waals surface area contributed by atoms with Crippen LogP contribution in [0.25, 0.3) is 33.6 Å². The summed E-state index contributed by atoms with van der Waals surface area (Å²) in [4.78, 5) is 74.3. The maximum absolute atomic E-state index is 14.4. The minimum absolute atomic E-state index is 0.0325. The van der Waals surface area contributed by atoms with Crippen LogP contribution in [0.3, 0.4) is 0 Å². The van der Waals surface area contributed by atoms with E-state index in [-0.39, 0.29) is 41.8 Å². The summed E-state index contributed by atoms with van der Waals surface area (Å²) in [5.74, 6) is 1.50. The number of alkyl carbamates (subject to hydrolysis) is 2. The van der Waals surface area contributed by atoms with Gasteiger partial charge in [0.1, 0.15) is 34.6 Å². The number of aromatic amines is 2. The second kappa shape index (κ2) is 18.6. The van der Waals surface area contributed by atoms with Crippen LogP contribution in [-0.2, 0) is 28.5 Å². The van der Waals surface area contributed by atoms with Gasteiger partial charge in [-0.3, -0.25) is 9.59 Å². The van der Waals surface area contributed by atoms with Crippen molar-refractivity contribution in [3.05, 3.63) is 71.0 Å². The van der Waals surface area contributed by atoms with Crippen molar-refractivity contribution in [3.8, 4) is 33.6 Å². The molecular weight excluding hydrogens is 868 g/mol. The third-order valence-electron chi connectivity index (χ3n) is 14.1. The Hall–Kier alpha value is -5.23. The summed E-state index contributed by atoms with van der Waals surface area (Å²) in [6.45, 7) is 8.74. The van der Waals surface area contributed by atoms with Crippen LogP contribution in [0.1, 0.15) is 68.0 Å². The Morgan fingerprint density at radius 1 is 0.723 bits per heavy atom. The fourth-order valence-electron chi connectivity index (χ4n) is 10.6. The smallest absolute Gasteiger partial charge is 0.407 e. The van der Waals surface area contributed by atoms with Crippen molar-refractivity contribution in [1.82, 2.24) is 40.4 Å². The van der Waals surface area contributed by atoms with Crippen molar-refractivity contribution in [1.29, 1.82) is 0 Å². The van der Waals surface area contributed by atoms with Gasteiger partial charge in [-0.2, -0.15) is 0 Å². The summed E-state index contributed by atoms with van der Waals surface area (Å²) < 4.78 is 21.0. The van der Waals surface area contributed by atoms with Gasteiger partial charge >= 0.3 is 12.2 Å². The highest BCUT2D eigenvalue weighted by Crippen LogP contribution is 2.54. The van der Waals surface area contributed by atoms with Gasteiger partial charge in [0.25, 0.3) is 0 Å². The van der Waals surface area contributed by atoms with Gasteiger partial charge in [0.2, 0.25) is 11.8 Å². The van der Waals surface area contributed by atoms with Crippen molar-refractivity contribution in [3.63, 3.8) is 0 Å². The molecule has 18 heteroatoms. The number of hydrogen-bond acceptors (Lipinski definition) is 10. The molecule has 4 aromatic rings. The Morgan fingerprint density at radius 3 is 1.77 bits per heavy atom. The number of halogens is 1. The monoisotopic (exact) mass is 926 g/mol. The molecule has 0 radical (unpaired) electrons. The van der Waals surface area contributed by atoms with Gasteiger partial charge in [-0.15, -0.1) is 0 Å². The summed E-state index contributed by atoms with van der Waals surface area (Å²) in [5, 5.41) is 6.10. The summed E-state index contributed by atoms with van der Waals surface area (Å²) in [7, 11) is 0.774. The lowest BCUT2D eigenvalue weighted by atomic mass is 9.90. The number of nitrogens with zero attached hydrogens (tertiary/aromatic N) is 4. The molecule has 0 bridgehead atoms. The number of aromatic nitrogens is 4. The molecule has 2 aromatic heterocycles. The first-order chi connectivity index (χ1) is 31.3. The average Bonchev–Trinajstić information content (AvgIpc) is 3.59. The lowest BCUT2D eigenvalue weighted by Gasteiger charge is -2.35. The average molecular weight is 928 g/mol. The number of methoxy groups -OCH3 is 2. The fourth-order valence-corrected chi connectivity index (χ4v) is 13.8. The van der Waals surface area contributed by atoms with Crippen molar-refractivity contribution in [2.75, 3.05) is 46.8 Å². The van der Waals surface area contributed by atoms with Crippen molar-refractivity contribution in [2.24, 2.45) is 17.8 Å². The van der Waals surface area contributed by atoms with Gasteiger partial charge in [-0.25, -0.2) is 19.6 Å². The van der Waals surface area contributed by atoms with Crippen molar-refractivity contribution in [2.45, 2.75) is 94.8 Å². The van der Waals surface area contributed by atoms with Crippen LogP contribution in [-0.4, -0.2) is 127 Å². The van der Waals surface area contributed by atoms with E-state index in [9.17, 15) is 19.2 Å². The predicted molar refractivity (Wildman–Crippen MR) is 245 cm³/mol. The molecule has 1 aliphatic carbocycles. The van der Waals surface area contributed by atoms with E-state index in [2.05, 4.69) is 58.0 Å². The highest BCUT2D eigenvalue weighted by molar-refractivity contribution is 6.78. The first-order valence-corrected chi connectivity index (χ1v) is 26.6. The predicted octanol–water partition coefficient (Wildman–Crippen LogP) is 7.19. The first kappa shape index (κ1) is 44.9. The number of nitrogens with one attached hydrogen (secondary N) is 4. The number of imidazole rings is 2. The molecule has 346 valence electrons. The molecule has 16 nitrogen and oxygen atoms in total. The van der Waals surface area contributed by atoms with Gasteiger partial charge in [0.15, 0.2) is 0 Å². The lowest BCUT2D eigenvalue weighted by Crippen LogP contribution is -2.54. The quantitative estimate of drug-likeness (QED) is 0.112. The second-order valence-electron chi connectivity index (χ2n) is 19.1. The van der Waals surface area contributed by atoms with Gasteiger partial charge in [0.05, 0.1) is 40.1 Å². The Kier molecular flexibility index (Phi) is 12.8. The van der Waals surface area contributed by atoms with E-state index >= 15 is 0 Å². The van der Waals surface area contributed by atoms with E-state index in [1.807, 2.05) is 41.0 Å². The molecular formula is C47H59ClN8O8Si. The molecule has 4 N–H and O–H groups in total. The molecule has 5 fully saturated rings. The van der Waals surface area contributed by atoms with Gasteiger partial charge < -0.3 is 49.3 Å². The number of rotatable bonds is 11. The largest absolute Gasteiger partial charge is 0.453 e. The highest BCUT2D eigenvalue weighted by atomic mass is 35.5. The van der Waals surface area contributed by atoms with Gasteiger partial charge in [-0.05, 0) is 80.4 Å². The fraction of sp³-hybridized carbons (Fsp3) is 0.532. The lowest BCUT2D eigenvalue weighted by molar-refractivity contribution is -0.138. The zero-order chi connectivity index (χ0) is 45.6. The number of H-pyrrole nitrogens is 2. The normalized spacial score (nSPS) is 24.0. The molecule has 6 atom stereocenters. The molecule has 4 saturated heterocycles. The number of aryl methyl sites for hydroxylation is 1. The number of fused-ring (bicyclic) bond motifs is 1. The summed E-state index contributed by atoms with van der Waals surface area (Å²) in [5.41, 5.74) is 6.21. The van der Waals surface area contributed by atoms with E-state index in [4.69, 9.17) is 40.5 Å². The second-order valence-corrected chi connectivity index (χ2v) is 24.5. The topological polar surface area (TPSA) is 193 Å². The molecule has 65 heavy (non-hydrogen) atoms. The standard InChI is InChI=1S/C47H59ClN8O8Si/c1-26-37(50-42(49-26)35-23-33-22-34(33)56(35)45(58)40(53-47(60)62-3)32-16-20-64-21-17-32)29-10-6-27(7-11-29)28-8-12-30(13-9-28)38-41(48)54-43(51-38)36-24-65(4,5)25-55(36)44(57)39(52-46(59)61-2)31-14-18-63-19-15-31/h6-13,31-36,39-40H,14-25H2,1-5H3,(H,49,50)(H,51,54)(H,52,59)(H,53,60)/t33-,34-,35+,36+,39+,40+/m1/s1. The third-order valence-corrected chi connectivity index (χ3v) is 17.1. The van der Waals surface area contributed by atoms with Crippen LogP contribution in [0.4, 0.5) is 9.59 Å². The molecule has 9 rings (SSSR count). The van der Waals surface area contributed by atoms with Gasteiger partial charge in [0, 0.05) is 55.5 Å². The number of amides is 4. The molecule has 2 aromatic carbocycles. The maximum atomic E-state index is 14.4. The Bertz CT molecular complexity index is 2400. The van der Waals surface area contributed by atoms with Crippen LogP contribution in [0.2, 0.25) is 24.3 Å². The number of carbonyl (C=O) groups is 4. The van der Waals surface area contributed by atoms with E-state index in [0.717, 1.165) is 58.4 Å². The van der Waals surface area contributed by atoms with Crippen molar-refractivity contribution >= 4 is 43.7 Å². The number of ether oxygens (including phenoxy) is 4. The Balaban J connectivity index is 0.896. The molecule has 6 heterocycles. The third kappa shape index (κ3) is 9.29. The van der Waals surface area contributed by atoms with E-state index < -0.39 is 32.3 Å². The number of likely N-dealkylation sites (tertiary alicyclic amines) is 1. The van der Waals surface area contributed by atoms with Crippen LogP contribution in [0.15, 0.2) is 48.5 Å². The van der Waals surface area contributed by atoms with E-state index in [1.54, 1.807) is 0 Å². The minimum Gasteiger partial charge on any atom is -0.453 e. The molecule has 4 aliphatic heterocycles. The summed E-state index contributed by atoms with van der Waals surface area (Å²) in [6, 6.07) is 15.4. The Morgan fingerprint density at radius 2 is 1.22 bits per heavy atom. The minimum atomic E-state index is -1.85. The summed E-state index contributed by atoms with van der Waals surface area (Å²) in [6.07, 6.45) is 3.92. The van der Waals surface area contributed by atoms with Crippen LogP contribution in [0, 0.1) is 24.7 Å². The number of hydrogen-bond donors (Lipinski definition) is 4. The molecule has 1 saturated carbocycles. The van der Waals surface area contributed by atoms with E-state index in [1.165, 1.54) is 14.2 Å². The Labute approximate surface area is 384 Å². The SMILES string of the molecule is COC(=O)N[C@H](C(=O)N1C[Si](C)(C)C[C@H]1c1nc(-c2ccc(-c3ccc(-c4nc([C@@H]5C[C@H]6C[C@H]6N5C(=O)[C@@H](NC(=O)OC)C5CCOCC5)[nH]c4C)cc3)cc2)c(Cl)[nH]1)C1CCOCC1. The maximum Gasteiger partial charge on any atom is 0.407 e. The van der Waals surface area contributed by atoms with Crippen LogP contribution < -0.4 is 10.6 Å². The molecule has 5 aliphatic rings. The molecule has 0 unspecified atom stereocenters. The van der Waals surface area contributed by atoms with E-state index in [0.29, 0.717) is 80.9 Å². The zero-order valence-electron chi connectivity index (χ0n) is 37.7. The molecule has 4 amide bonds. The van der Waals surface area contributed by atoms with Gasteiger partial charge in [-0.1, -0.05) is 73.2 Å². The van der Waals surface area contributed by atoms with Crippen LogP contribution in [0.5, 0.6) is 0 Å². The van der Waals surface area contributed by atoms with Crippen LogP contribution >= 0.6 is 11.6 Å². The molecule has 0 spiro atoms.